The Labute approximate surface area is 309 Å². The first-order chi connectivity index (χ1) is 24.6. The highest BCUT2D eigenvalue weighted by atomic mass is 32.2. The zero-order valence-corrected chi connectivity index (χ0v) is 33.0. The first-order valence-corrected chi connectivity index (χ1v) is 20.2. The molecule has 1 unspecified atom stereocenters. The molecule has 0 fully saturated rings. The maximum Gasteiger partial charge on any atom is 0.126 e. The van der Waals surface area contributed by atoms with Crippen molar-refractivity contribution in [3.63, 3.8) is 0 Å². The SMILES string of the molecule is CCCOc1c2cccc1Cc1cccc(c1OCCC)Cc1c(C)c(S(=O)C(C)(C)C)cc(c1OCCC)Cc1cccc(c1OCCC)C2. The third kappa shape index (κ3) is 9.00. The van der Waals surface area contributed by atoms with E-state index >= 15 is 0 Å². The second-order valence-electron chi connectivity index (χ2n) is 14.7. The van der Waals surface area contributed by atoms with Crippen molar-refractivity contribution in [2.45, 2.75) is 116 Å². The molecular formula is C45H58O5S. The molecule has 0 N–H and O–H groups in total. The van der Waals surface area contributed by atoms with E-state index in [9.17, 15) is 4.21 Å². The highest BCUT2D eigenvalue weighted by molar-refractivity contribution is 7.86. The molecule has 0 spiro atoms. The van der Waals surface area contributed by atoms with Crippen LogP contribution in [0.15, 0.2) is 65.6 Å². The highest BCUT2D eigenvalue weighted by Crippen LogP contribution is 2.42. The summed E-state index contributed by atoms with van der Waals surface area (Å²) < 4.78 is 40.5. The first-order valence-electron chi connectivity index (χ1n) is 19.0. The summed E-state index contributed by atoms with van der Waals surface area (Å²) in [6.07, 6.45) is 6.16. The average Bonchev–Trinajstić information content (AvgIpc) is 3.10. The monoisotopic (exact) mass is 710 g/mol. The van der Waals surface area contributed by atoms with Crippen molar-refractivity contribution in [2.75, 3.05) is 26.4 Å². The Balaban J connectivity index is 1.86. The van der Waals surface area contributed by atoms with Crippen LogP contribution in [-0.4, -0.2) is 35.4 Å². The Kier molecular flexibility index (Phi) is 13.3. The molecule has 0 saturated carbocycles. The summed E-state index contributed by atoms with van der Waals surface area (Å²) in [5.41, 5.74) is 9.86. The van der Waals surface area contributed by atoms with Crippen molar-refractivity contribution in [3.8, 4) is 23.0 Å². The van der Waals surface area contributed by atoms with Crippen LogP contribution < -0.4 is 18.9 Å². The van der Waals surface area contributed by atoms with Gasteiger partial charge in [-0.05, 0) is 98.4 Å². The molecule has 4 aromatic rings. The maximum absolute atomic E-state index is 14.3. The lowest BCUT2D eigenvalue weighted by Gasteiger charge is -2.26. The van der Waals surface area contributed by atoms with Crippen molar-refractivity contribution >= 4 is 10.8 Å². The summed E-state index contributed by atoms with van der Waals surface area (Å²) in [6, 6.07) is 21.7. The number of rotatable bonds is 13. The van der Waals surface area contributed by atoms with E-state index in [0.29, 0.717) is 52.1 Å². The first kappa shape index (κ1) is 38.5. The smallest absolute Gasteiger partial charge is 0.126 e. The Morgan fingerprint density at radius 3 is 1.22 bits per heavy atom. The van der Waals surface area contributed by atoms with E-state index in [4.69, 9.17) is 18.9 Å². The van der Waals surface area contributed by atoms with Gasteiger partial charge in [0.15, 0.2) is 0 Å². The molecule has 274 valence electrons. The summed E-state index contributed by atoms with van der Waals surface area (Å²) in [7, 11) is -1.25. The molecule has 1 atom stereocenters. The van der Waals surface area contributed by atoms with Crippen molar-refractivity contribution in [1.82, 2.24) is 0 Å². The van der Waals surface area contributed by atoms with Crippen molar-refractivity contribution in [1.29, 1.82) is 0 Å². The predicted octanol–water partition coefficient (Wildman–Crippen LogP) is 10.7. The Hall–Kier alpha value is -3.77. The fourth-order valence-corrected chi connectivity index (χ4v) is 8.13. The van der Waals surface area contributed by atoms with Crippen molar-refractivity contribution in [3.05, 3.63) is 111 Å². The van der Waals surface area contributed by atoms with Crippen LogP contribution in [0, 0.1) is 6.92 Å². The van der Waals surface area contributed by atoms with E-state index in [0.717, 1.165) is 104 Å². The number of benzene rings is 4. The predicted molar refractivity (Wildman–Crippen MR) is 211 cm³/mol. The summed E-state index contributed by atoms with van der Waals surface area (Å²) in [6.45, 7) is 19.3. The minimum absolute atomic E-state index is 0.434. The van der Waals surface area contributed by atoms with Gasteiger partial charge in [0.2, 0.25) is 0 Å². The van der Waals surface area contributed by atoms with Gasteiger partial charge in [0.05, 0.1) is 37.2 Å². The normalized spacial score (nSPS) is 13.4. The molecule has 8 bridgehead atoms. The Morgan fingerprint density at radius 2 is 0.863 bits per heavy atom. The standard InChI is InChI=1S/C45H58O5S/c1-9-22-47-41-32-16-13-17-33(41)27-35-19-15-21-37(43(35)49-24-11-3)29-39-31(5)40(51(46)45(6,7)8)30-38(44(39)50-25-12-4)28-36-20-14-18-34(26-32)42(36)48-23-10-2/h13-21,30H,9-12,22-29H2,1-8H3. The Bertz CT molecular complexity index is 1820. The van der Waals surface area contributed by atoms with E-state index in [2.05, 4.69) is 116 Å². The van der Waals surface area contributed by atoms with E-state index in [1.54, 1.807) is 0 Å². The van der Waals surface area contributed by atoms with E-state index in [-0.39, 0.29) is 0 Å². The molecule has 0 aromatic heterocycles. The lowest BCUT2D eigenvalue weighted by molar-refractivity contribution is 0.304. The summed E-state index contributed by atoms with van der Waals surface area (Å²) in [4.78, 5) is 0.865. The molecule has 51 heavy (non-hydrogen) atoms. The lowest BCUT2D eigenvalue weighted by atomic mass is 9.90. The molecule has 0 saturated heterocycles. The largest absolute Gasteiger partial charge is 0.493 e. The van der Waals surface area contributed by atoms with Crippen LogP contribution in [-0.2, 0) is 36.5 Å². The lowest BCUT2D eigenvalue weighted by Crippen LogP contribution is -2.23. The molecule has 0 heterocycles. The molecule has 0 radical (unpaired) electrons. The van der Waals surface area contributed by atoms with Gasteiger partial charge in [-0.3, -0.25) is 4.21 Å². The number of para-hydroxylation sites is 3. The Morgan fingerprint density at radius 1 is 0.529 bits per heavy atom. The van der Waals surface area contributed by atoms with E-state index in [1.807, 2.05) is 0 Å². The second-order valence-corrected chi connectivity index (χ2v) is 16.9. The van der Waals surface area contributed by atoms with E-state index in [1.165, 1.54) is 0 Å². The molecule has 5 rings (SSSR count). The summed E-state index contributed by atoms with van der Waals surface area (Å²) in [5, 5.41) is 0. The van der Waals surface area contributed by atoms with Crippen LogP contribution in [0.1, 0.15) is 124 Å². The van der Waals surface area contributed by atoms with E-state index < -0.39 is 15.5 Å². The van der Waals surface area contributed by atoms with Crippen LogP contribution in [0.4, 0.5) is 0 Å². The third-order valence-corrected chi connectivity index (χ3v) is 11.2. The van der Waals surface area contributed by atoms with Gasteiger partial charge in [-0.2, -0.15) is 0 Å². The molecule has 6 heteroatoms. The van der Waals surface area contributed by atoms with Crippen LogP contribution in [0.3, 0.4) is 0 Å². The fourth-order valence-electron chi connectivity index (χ4n) is 6.82. The quantitative estimate of drug-likeness (QED) is 0.122. The second kappa shape index (κ2) is 17.6. The van der Waals surface area contributed by atoms with Gasteiger partial charge in [-0.25, -0.2) is 0 Å². The zero-order chi connectivity index (χ0) is 36.5. The molecule has 0 amide bonds. The number of ether oxygens (including phenoxy) is 4. The van der Waals surface area contributed by atoms with Crippen LogP contribution in [0.5, 0.6) is 23.0 Å². The van der Waals surface area contributed by atoms with Gasteiger partial charge >= 0.3 is 0 Å². The summed E-state index contributed by atoms with van der Waals surface area (Å²) >= 11 is 0. The minimum atomic E-state index is -1.25. The number of hydrogen-bond acceptors (Lipinski definition) is 5. The van der Waals surface area contributed by atoms with Gasteiger partial charge in [0, 0.05) is 46.5 Å². The van der Waals surface area contributed by atoms with Crippen LogP contribution >= 0.6 is 0 Å². The number of hydrogen-bond donors (Lipinski definition) is 0. The molecule has 5 nitrogen and oxygen atoms in total. The van der Waals surface area contributed by atoms with Crippen LogP contribution in [0.25, 0.3) is 0 Å². The molecular weight excluding hydrogens is 653 g/mol. The molecule has 1 aliphatic carbocycles. The van der Waals surface area contributed by atoms with Gasteiger partial charge in [0.25, 0.3) is 0 Å². The molecule has 0 aliphatic heterocycles. The van der Waals surface area contributed by atoms with Crippen molar-refractivity contribution in [2.24, 2.45) is 0 Å². The van der Waals surface area contributed by atoms with Gasteiger partial charge in [0.1, 0.15) is 23.0 Å². The van der Waals surface area contributed by atoms with Crippen LogP contribution in [0.2, 0.25) is 0 Å². The van der Waals surface area contributed by atoms with Gasteiger partial charge in [-0.15, -0.1) is 0 Å². The average molecular weight is 711 g/mol. The zero-order valence-electron chi connectivity index (χ0n) is 32.2. The molecule has 1 aliphatic rings. The maximum atomic E-state index is 14.3. The third-order valence-electron chi connectivity index (χ3n) is 9.30. The van der Waals surface area contributed by atoms with Crippen molar-refractivity contribution < 1.29 is 23.2 Å². The topological polar surface area (TPSA) is 54.0 Å². The minimum Gasteiger partial charge on any atom is -0.493 e. The number of fused-ring (bicyclic) bond motifs is 8. The summed E-state index contributed by atoms with van der Waals surface area (Å²) in [5.74, 6) is 3.68. The fraction of sp³-hybridized carbons (Fsp3) is 0.467. The highest BCUT2D eigenvalue weighted by Gasteiger charge is 2.29. The van der Waals surface area contributed by atoms with Gasteiger partial charge in [-0.1, -0.05) is 82.3 Å². The molecule has 4 aromatic carbocycles. The van der Waals surface area contributed by atoms with Gasteiger partial charge < -0.3 is 18.9 Å².